The van der Waals surface area contributed by atoms with E-state index in [0.717, 1.165) is 23.0 Å². The van der Waals surface area contributed by atoms with E-state index in [4.69, 9.17) is 0 Å². The van der Waals surface area contributed by atoms with E-state index in [0.29, 0.717) is 12.1 Å². The Balaban J connectivity index is 1.54. The van der Waals surface area contributed by atoms with Crippen LogP contribution in [0, 0.1) is 5.82 Å². The van der Waals surface area contributed by atoms with Gasteiger partial charge in [0.1, 0.15) is 5.82 Å². The Morgan fingerprint density at radius 2 is 1.64 bits per heavy atom. The van der Waals surface area contributed by atoms with Crippen LogP contribution in [0.5, 0.6) is 0 Å². The first-order chi connectivity index (χ1) is 13.7. The highest BCUT2D eigenvalue weighted by molar-refractivity contribution is 5.84. The maximum absolute atomic E-state index is 13.2. The molecule has 28 heavy (non-hydrogen) atoms. The normalized spacial score (nSPS) is 19.4. The van der Waals surface area contributed by atoms with Crippen molar-refractivity contribution in [3.63, 3.8) is 0 Å². The fourth-order valence-electron chi connectivity index (χ4n) is 4.39. The van der Waals surface area contributed by atoms with Crippen molar-refractivity contribution in [2.24, 2.45) is 0 Å². The zero-order chi connectivity index (χ0) is 19.1. The first kappa shape index (κ1) is 17.0. The Bertz CT molecular complexity index is 1100. The zero-order valence-corrected chi connectivity index (χ0v) is 15.8. The number of hydrogen-bond donors (Lipinski definition) is 0. The van der Waals surface area contributed by atoms with Gasteiger partial charge in [-0.15, -0.1) is 0 Å². The van der Waals surface area contributed by atoms with Gasteiger partial charge in [0.05, 0.1) is 23.4 Å². The monoisotopic (exact) mass is 371 g/mol. The largest absolute Gasteiger partial charge is 0.362 e. The van der Waals surface area contributed by atoms with Crippen molar-refractivity contribution in [3.05, 3.63) is 90.4 Å². The Labute approximate surface area is 164 Å². The second kappa shape index (κ2) is 6.79. The van der Waals surface area contributed by atoms with Gasteiger partial charge in [0.15, 0.2) is 0 Å². The van der Waals surface area contributed by atoms with Crippen molar-refractivity contribution in [1.29, 1.82) is 0 Å². The van der Waals surface area contributed by atoms with Crippen molar-refractivity contribution in [2.75, 3.05) is 4.90 Å². The van der Waals surface area contributed by atoms with Crippen LogP contribution in [0.3, 0.4) is 0 Å². The fraction of sp³-hybridized carbons (Fsp3) is 0.208. The van der Waals surface area contributed by atoms with E-state index in [2.05, 4.69) is 65.5 Å². The lowest BCUT2D eigenvalue weighted by Crippen LogP contribution is -2.29. The maximum Gasteiger partial charge on any atom is 0.123 e. The number of hydrogen-bond acceptors (Lipinski definition) is 2. The molecular weight excluding hydrogens is 349 g/mol. The summed E-state index contributed by atoms with van der Waals surface area (Å²) in [6, 6.07) is 24.6. The number of anilines is 1. The first-order valence-corrected chi connectivity index (χ1v) is 9.78. The molecule has 3 aromatic carbocycles. The number of halogens is 1. The minimum atomic E-state index is -0.238. The minimum absolute atomic E-state index is 0.238. The van der Waals surface area contributed by atoms with Crippen molar-refractivity contribution in [3.8, 4) is 5.69 Å². The number of nitrogens with zero attached hydrogens (tertiary/aromatic N) is 3. The molecule has 0 aliphatic carbocycles. The smallest absolute Gasteiger partial charge is 0.123 e. The van der Waals surface area contributed by atoms with Gasteiger partial charge in [-0.1, -0.05) is 30.3 Å². The highest BCUT2D eigenvalue weighted by atomic mass is 19.1. The lowest BCUT2D eigenvalue weighted by molar-refractivity contribution is 0.627. The third-order valence-corrected chi connectivity index (χ3v) is 5.77. The topological polar surface area (TPSA) is 21.1 Å². The molecule has 1 aliphatic heterocycles. The molecule has 2 heterocycles. The molecule has 4 heteroatoms. The summed E-state index contributed by atoms with van der Waals surface area (Å²) >= 11 is 0. The van der Waals surface area contributed by atoms with Crippen LogP contribution in [0.1, 0.15) is 31.4 Å². The van der Waals surface area contributed by atoms with Crippen LogP contribution in [0.2, 0.25) is 0 Å². The Morgan fingerprint density at radius 3 is 2.43 bits per heavy atom. The van der Waals surface area contributed by atoms with E-state index in [1.54, 1.807) is 12.1 Å². The summed E-state index contributed by atoms with van der Waals surface area (Å²) in [6.45, 7) is 2.30. The van der Waals surface area contributed by atoms with E-state index < -0.39 is 0 Å². The highest BCUT2D eigenvalue weighted by Gasteiger charge is 2.31. The molecule has 1 aromatic heterocycles. The van der Waals surface area contributed by atoms with Gasteiger partial charge in [-0.2, -0.15) is 5.10 Å². The minimum Gasteiger partial charge on any atom is -0.362 e. The second-order valence-electron chi connectivity index (χ2n) is 7.54. The number of fused-ring (bicyclic) bond motifs is 1. The Hall–Kier alpha value is -3.14. The quantitative estimate of drug-likeness (QED) is 0.447. The first-order valence-electron chi connectivity index (χ1n) is 9.78. The average Bonchev–Trinajstić information content (AvgIpc) is 3.32. The van der Waals surface area contributed by atoms with Gasteiger partial charge < -0.3 is 4.90 Å². The number of benzene rings is 3. The number of rotatable bonds is 3. The van der Waals surface area contributed by atoms with Crippen LogP contribution >= 0.6 is 0 Å². The molecule has 0 N–H and O–H groups in total. The standard InChI is InChI=1S/C24H22FN3/c1-17-7-13-23(18-5-3-2-4-6-18)27(17)22-12-14-24-19(15-22)16-26-28(24)21-10-8-20(25)9-11-21/h2-6,8-12,14-17,23H,7,13H2,1H3/t17-,23+/m1/s1. The van der Waals surface area contributed by atoms with Gasteiger partial charge in [0, 0.05) is 17.1 Å². The van der Waals surface area contributed by atoms with Crippen molar-refractivity contribution >= 4 is 16.6 Å². The van der Waals surface area contributed by atoms with Crippen LogP contribution < -0.4 is 4.90 Å². The molecule has 0 amide bonds. The Morgan fingerprint density at radius 1 is 0.893 bits per heavy atom. The molecule has 4 aromatic rings. The van der Waals surface area contributed by atoms with Crippen molar-refractivity contribution < 1.29 is 4.39 Å². The van der Waals surface area contributed by atoms with Crippen molar-refractivity contribution in [2.45, 2.75) is 31.8 Å². The molecule has 1 fully saturated rings. The summed E-state index contributed by atoms with van der Waals surface area (Å²) in [5.74, 6) is -0.238. The maximum atomic E-state index is 13.2. The molecule has 0 radical (unpaired) electrons. The third kappa shape index (κ3) is 2.85. The molecule has 3 nitrogen and oxygen atoms in total. The van der Waals surface area contributed by atoms with E-state index in [9.17, 15) is 4.39 Å². The van der Waals surface area contributed by atoms with Crippen LogP contribution in [0.4, 0.5) is 10.1 Å². The molecule has 0 spiro atoms. The van der Waals surface area contributed by atoms with E-state index >= 15 is 0 Å². The van der Waals surface area contributed by atoms with Crippen LogP contribution in [-0.4, -0.2) is 15.8 Å². The molecule has 1 aliphatic rings. The number of aromatic nitrogens is 2. The lowest BCUT2D eigenvalue weighted by atomic mass is 10.0. The van der Waals surface area contributed by atoms with E-state index in [-0.39, 0.29) is 5.82 Å². The van der Waals surface area contributed by atoms with Gasteiger partial charge in [-0.3, -0.25) is 0 Å². The summed E-state index contributed by atoms with van der Waals surface area (Å²) < 4.78 is 15.1. The fourth-order valence-corrected chi connectivity index (χ4v) is 4.39. The summed E-state index contributed by atoms with van der Waals surface area (Å²) in [7, 11) is 0. The third-order valence-electron chi connectivity index (χ3n) is 5.77. The van der Waals surface area contributed by atoms with Gasteiger partial charge in [-0.05, 0) is 67.8 Å². The predicted molar refractivity (Wildman–Crippen MR) is 111 cm³/mol. The molecule has 5 rings (SSSR count). The van der Waals surface area contributed by atoms with Gasteiger partial charge in [0.25, 0.3) is 0 Å². The summed E-state index contributed by atoms with van der Waals surface area (Å²) in [5.41, 5.74) is 4.48. The van der Waals surface area contributed by atoms with Gasteiger partial charge in [-0.25, -0.2) is 9.07 Å². The molecular formula is C24H22FN3. The van der Waals surface area contributed by atoms with Crippen LogP contribution in [0.25, 0.3) is 16.6 Å². The predicted octanol–water partition coefficient (Wildman–Crippen LogP) is 5.89. The average molecular weight is 371 g/mol. The molecule has 0 saturated carbocycles. The highest BCUT2D eigenvalue weighted by Crippen LogP contribution is 2.40. The van der Waals surface area contributed by atoms with E-state index in [1.807, 2.05) is 10.9 Å². The SMILES string of the molecule is C[C@@H]1CC[C@@H](c2ccccc2)N1c1ccc2c(cnn2-c2ccc(F)cc2)c1. The summed E-state index contributed by atoms with van der Waals surface area (Å²) in [5, 5.41) is 5.63. The van der Waals surface area contributed by atoms with Gasteiger partial charge >= 0.3 is 0 Å². The molecule has 0 bridgehead atoms. The second-order valence-corrected chi connectivity index (χ2v) is 7.54. The molecule has 1 saturated heterocycles. The summed E-state index contributed by atoms with van der Waals surface area (Å²) in [4.78, 5) is 2.53. The lowest BCUT2D eigenvalue weighted by Gasteiger charge is -2.31. The zero-order valence-electron chi connectivity index (χ0n) is 15.8. The van der Waals surface area contributed by atoms with Crippen LogP contribution in [0.15, 0.2) is 79.0 Å². The summed E-state index contributed by atoms with van der Waals surface area (Å²) in [6.07, 6.45) is 4.24. The van der Waals surface area contributed by atoms with Crippen LogP contribution in [-0.2, 0) is 0 Å². The Kier molecular flexibility index (Phi) is 4.12. The molecule has 140 valence electrons. The van der Waals surface area contributed by atoms with Gasteiger partial charge in [0.2, 0.25) is 0 Å². The molecule has 2 atom stereocenters. The van der Waals surface area contributed by atoms with E-state index in [1.165, 1.54) is 29.8 Å². The molecule has 0 unspecified atom stereocenters. The van der Waals surface area contributed by atoms with Crippen molar-refractivity contribution in [1.82, 2.24) is 9.78 Å².